The highest BCUT2D eigenvalue weighted by Gasteiger charge is 2.53. The van der Waals surface area contributed by atoms with E-state index in [4.69, 9.17) is 19.9 Å². The van der Waals surface area contributed by atoms with Gasteiger partial charge in [-0.25, -0.2) is 13.2 Å². The van der Waals surface area contributed by atoms with Gasteiger partial charge in [-0.05, 0) is 74.6 Å². The molecular weight excluding hydrogens is 566 g/mol. The van der Waals surface area contributed by atoms with Gasteiger partial charge in [-0.3, -0.25) is 0 Å². The second-order valence-corrected chi connectivity index (χ2v) is 14.7. The Labute approximate surface area is 255 Å². The van der Waals surface area contributed by atoms with Crippen LogP contribution in [0.2, 0.25) is 0 Å². The Morgan fingerprint density at radius 3 is 2.47 bits per heavy atom. The van der Waals surface area contributed by atoms with E-state index in [1.54, 1.807) is 16.4 Å². The zero-order chi connectivity index (χ0) is 30.2. The fraction of sp³-hybridized carbons (Fsp3) is 0.606. The van der Waals surface area contributed by atoms with Crippen molar-refractivity contribution < 1.29 is 27.4 Å². The van der Waals surface area contributed by atoms with Gasteiger partial charge >= 0.3 is 6.09 Å². The molecule has 3 N–H and O–H groups in total. The molecule has 43 heavy (non-hydrogen) atoms. The number of hydrogen-bond donors (Lipinski definition) is 2. The van der Waals surface area contributed by atoms with E-state index in [0.717, 1.165) is 36.8 Å². The van der Waals surface area contributed by atoms with Gasteiger partial charge in [-0.2, -0.15) is 4.31 Å². The number of nitrogens with zero attached hydrogens (tertiary/aromatic N) is 1. The van der Waals surface area contributed by atoms with Crippen molar-refractivity contribution in [2.24, 2.45) is 17.6 Å². The summed E-state index contributed by atoms with van der Waals surface area (Å²) in [4.78, 5) is 13.6. The number of nitrogens with two attached hydrogens (primary N) is 1. The fourth-order valence-electron chi connectivity index (χ4n) is 7.17. The van der Waals surface area contributed by atoms with E-state index >= 15 is 0 Å². The van der Waals surface area contributed by atoms with Crippen LogP contribution in [0.3, 0.4) is 0 Å². The highest BCUT2D eigenvalue weighted by Crippen LogP contribution is 2.46. The second kappa shape index (κ2) is 12.5. The van der Waals surface area contributed by atoms with Crippen LogP contribution in [0.5, 0.6) is 0 Å². The Kier molecular flexibility index (Phi) is 8.86. The maximum absolute atomic E-state index is 14.0. The molecule has 6 unspecified atom stereocenters. The van der Waals surface area contributed by atoms with Crippen LogP contribution in [-0.4, -0.2) is 62.5 Å². The molecule has 2 aliphatic heterocycles. The first kappa shape index (κ1) is 30.5. The number of nitrogens with one attached hydrogen (secondary N) is 1. The van der Waals surface area contributed by atoms with Crippen molar-refractivity contribution in [1.29, 1.82) is 0 Å². The molecule has 234 valence electrons. The van der Waals surface area contributed by atoms with Gasteiger partial charge in [0.05, 0.1) is 17.6 Å². The van der Waals surface area contributed by atoms with Crippen LogP contribution in [0, 0.1) is 11.8 Å². The lowest BCUT2D eigenvalue weighted by molar-refractivity contribution is -0.153. The highest BCUT2D eigenvalue weighted by atomic mass is 32.2. The van der Waals surface area contributed by atoms with Crippen molar-refractivity contribution in [3.8, 4) is 0 Å². The predicted octanol–water partition coefficient (Wildman–Crippen LogP) is 4.69. The number of ether oxygens (including phenoxy) is 3. The van der Waals surface area contributed by atoms with Crippen molar-refractivity contribution >= 4 is 16.1 Å². The molecule has 10 heteroatoms. The van der Waals surface area contributed by atoms with Crippen LogP contribution in [0.1, 0.15) is 69.9 Å². The van der Waals surface area contributed by atoms with Crippen LogP contribution in [0.25, 0.3) is 0 Å². The summed E-state index contributed by atoms with van der Waals surface area (Å²) in [6.45, 7) is 4.83. The number of alkyl carbamates (subject to hydrolysis) is 1. The molecule has 0 spiro atoms. The maximum atomic E-state index is 14.0. The van der Waals surface area contributed by atoms with E-state index in [2.05, 4.69) is 5.32 Å². The van der Waals surface area contributed by atoms with Crippen LogP contribution in [-0.2, 0) is 36.2 Å². The summed E-state index contributed by atoms with van der Waals surface area (Å²) in [6.07, 6.45) is 4.85. The summed E-state index contributed by atoms with van der Waals surface area (Å²) in [6, 6.07) is 16.5. The largest absolute Gasteiger partial charge is 0.443 e. The molecule has 9 nitrogen and oxygen atoms in total. The summed E-state index contributed by atoms with van der Waals surface area (Å²) in [5, 5.41) is 3.09. The number of benzene rings is 2. The van der Waals surface area contributed by atoms with Crippen LogP contribution >= 0.6 is 0 Å². The smallest absolute Gasteiger partial charge is 0.407 e. The SMILES string of the molecule is CCC(CC)N(CCC(Cc1ccccc1)NC(=O)OC1C2COC3OC1CC3C2)S(=O)(=O)c1ccc(C2(N)CC2)cc1. The third-order valence-corrected chi connectivity index (χ3v) is 11.9. The van der Waals surface area contributed by atoms with Gasteiger partial charge in [0.2, 0.25) is 10.0 Å². The van der Waals surface area contributed by atoms with Gasteiger partial charge in [0.1, 0.15) is 6.10 Å². The molecule has 6 atom stereocenters. The van der Waals surface area contributed by atoms with Crippen molar-refractivity contribution in [3.63, 3.8) is 0 Å². The lowest BCUT2D eigenvalue weighted by Crippen LogP contribution is -2.48. The summed E-state index contributed by atoms with van der Waals surface area (Å²) >= 11 is 0. The van der Waals surface area contributed by atoms with Crippen LogP contribution in [0.15, 0.2) is 59.5 Å². The number of carbonyl (C=O) groups excluding carboxylic acids is 1. The van der Waals surface area contributed by atoms with Gasteiger partial charge in [0.15, 0.2) is 6.29 Å². The zero-order valence-electron chi connectivity index (χ0n) is 25.2. The Morgan fingerprint density at radius 2 is 1.79 bits per heavy atom. The van der Waals surface area contributed by atoms with Gasteiger partial charge in [-0.1, -0.05) is 56.3 Å². The number of carbonyl (C=O) groups is 1. The Hall–Kier alpha value is -2.50. The monoisotopic (exact) mass is 611 g/mol. The minimum absolute atomic E-state index is 0.134. The molecule has 2 saturated carbocycles. The average molecular weight is 612 g/mol. The van der Waals surface area contributed by atoms with Crippen molar-refractivity contribution in [3.05, 3.63) is 65.7 Å². The molecule has 0 radical (unpaired) electrons. The van der Waals surface area contributed by atoms with Crippen LogP contribution < -0.4 is 11.1 Å². The summed E-state index contributed by atoms with van der Waals surface area (Å²) in [5.41, 5.74) is 8.05. The van der Waals surface area contributed by atoms with E-state index in [1.807, 2.05) is 56.3 Å². The first-order chi connectivity index (χ1) is 20.7. The third kappa shape index (κ3) is 6.49. The van der Waals surface area contributed by atoms with E-state index in [9.17, 15) is 13.2 Å². The molecule has 4 fully saturated rings. The maximum Gasteiger partial charge on any atom is 0.407 e. The standard InChI is InChI=1S/C33H45N3O6S/c1-3-27(4-2)36(43(38,39)28-12-10-25(11-13-28)33(34)15-16-33)17-14-26(18-22-8-6-5-7-9-22)35-32(37)42-30-24-19-23-20-29(30)41-31(23)40-21-24/h5-13,23-24,26-27,29-31H,3-4,14-21,34H2,1-2H3,(H,35,37). The molecule has 0 aromatic heterocycles. The molecule has 6 rings (SSSR count). The molecule has 3 bridgehead atoms. The first-order valence-corrected chi connectivity index (χ1v) is 17.3. The Morgan fingerprint density at radius 1 is 1.07 bits per heavy atom. The molecule has 2 heterocycles. The number of sulfonamides is 1. The lowest BCUT2D eigenvalue weighted by atomic mass is 9.78. The number of amides is 1. The summed E-state index contributed by atoms with van der Waals surface area (Å²) < 4.78 is 47.5. The predicted molar refractivity (Wildman–Crippen MR) is 163 cm³/mol. The minimum atomic E-state index is -3.78. The lowest BCUT2D eigenvalue weighted by Gasteiger charge is -2.37. The van der Waals surface area contributed by atoms with Crippen molar-refractivity contribution in [2.45, 2.75) is 106 Å². The number of hydrogen-bond acceptors (Lipinski definition) is 7. The van der Waals surface area contributed by atoms with Gasteiger partial charge < -0.3 is 25.3 Å². The fourth-order valence-corrected chi connectivity index (χ4v) is 8.95. The van der Waals surface area contributed by atoms with E-state index in [1.165, 1.54) is 0 Å². The summed E-state index contributed by atoms with van der Waals surface area (Å²) in [7, 11) is -3.78. The number of rotatable bonds is 13. The van der Waals surface area contributed by atoms with Crippen molar-refractivity contribution in [2.75, 3.05) is 13.2 Å². The minimum Gasteiger partial charge on any atom is -0.443 e. The van der Waals surface area contributed by atoms with Gasteiger partial charge in [0, 0.05) is 36.0 Å². The number of fused-ring (bicyclic) bond motifs is 2. The second-order valence-electron chi connectivity index (χ2n) is 12.8. The van der Waals surface area contributed by atoms with Gasteiger partial charge in [0.25, 0.3) is 0 Å². The Balaban J connectivity index is 1.17. The molecule has 2 aliphatic carbocycles. The van der Waals surface area contributed by atoms with E-state index in [0.29, 0.717) is 38.2 Å². The molecule has 4 aliphatic rings. The Bertz CT molecular complexity index is 1350. The highest BCUT2D eigenvalue weighted by molar-refractivity contribution is 7.89. The summed E-state index contributed by atoms with van der Waals surface area (Å²) in [5.74, 6) is 0.522. The topological polar surface area (TPSA) is 120 Å². The third-order valence-electron chi connectivity index (χ3n) is 9.90. The van der Waals surface area contributed by atoms with Gasteiger partial charge in [-0.15, -0.1) is 0 Å². The zero-order valence-corrected chi connectivity index (χ0v) is 26.0. The average Bonchev–Trinajstić information content (AvgIpc) is 3.69. The quantitative estimate of drug-likeness (QED) is 0.337. The molecule has 2 aromatic carbocycles. The first-order valence-electron chi connectivity index (χ1n) is 15.9. The van der Waals surface area contributed by atoms with E-state index < -0.39 is 16.1 Å². The molecule has 2 saturated heterocycles. The molecule has 2 aromatic rings. The molecule has 1 amide bonds. The normalized spacial score (nSPS) is 27.8. The van der Waals surface area contributed by atoms with Crippen LogP contribution in [0.4, 0.5) is 4.79 Å². The van der Waals surface area contributed by atoms with E-state index in [-0.39, 0.29) is 53.5 Å². The van der Waals surface area contributed by atoms with Crippen molar-refractivity contribution in [1.82, 2.24) is 9.62 Å². The molecular formula is C33H45N3O6S.